The van der Waals surface area contributed by atoms with Crippen molar-refractivity contribution in [3.63, 3.8) is 0 Å². The maximum atomic E-state index is 13.0. The van der Waals surface area contributed by atoms with Gasteiger partial charge in [-0.2, -0.15) is 0 Å². The van der Waals surface area contributed by atoms with Crippen molar-refractivity contribution in [1.82, 2.24) is 0 Å². The average molecular weight is 312 g/mol. The van der Waals surface area contributed by atoms with Gasteiger partial charge in [0.15, 0.2) is 0 Å². The van der Waals surface area contributed by atoms with Crippen LogP contribution in [0, 0.1) is 5.82 Å². The molecule has 1 N–H and O–H groups in total. The van der Waals surface area contributed by atoms with Crippen LogP contribution in [0.3, 0.4) is 0 Å². The predicted molar refractivity (Wildman–Crippen MR) is 84.2 cm³/mol. The zero-order valence-corrected chi connectivity index (χ0v) is 12.5. The molecule has 0 amide bonds. The highest BCUT2D eigenvalue weighted by Crippen LogP contribution is 2.19. The molecular formula is C16H16Cl2FN. The van der Waals surface area contributed by atoms with Gasteiger partial charge in [0.05, 0.1) is 0 Å². The molecule has 0 spiro atoms. The number of benzene rings is 2. The number of aryl methyl sites for hydroxylation is 1. The molecule has 20 heavy (non-hydrogen) atoms. The van der Waals surface area contributed by atoms with Crippen LogP contribution in [0.2, 0.25) is 5.02 Å². The van der Waals surface area contributed by atoms with Crippen LogP contribution < -0.4 is 5.32 Å². The Hall–Kier alpha value is -1.25. The van der Waals surface area contributed by atoms with Gasteiger partial charge < -0.3 is 5.32 Å². The molecule has 2 aromatic rings. The number of hydrogen-bond acceptors (Lipinski definition) is 1. The van der Waals surface area contributed by atoms with Crippen LogP contribution >= 0.6 is 23.2 Å². The summed E-state index contributed by atoms with van der Waals surface area (Å²) in [5, 5.41) is 3.74. The van der Waals surface area contributed by atoms with Crippen molar-refractivity contribution in [2.45, 2.75) is 19.4 Å². The first-order valence-corrected chi connectivity index (χ1v) is 7.43. The molecule has 106 valence electrons. The first kappa shape index (κ1) is 15.1. The molecule has 0 aliphatic heterocycles. The number of nitrogens with one attached hydrogen (secondary N) is 1. The highest BCUT2D eigenvalue weighted by atomic mass is 35.5. The standard InChI is InChI=1S/C16H16Cl2FN/c17-8-2-4-12-3-1-5-15(9-12)20-11-13-6-7-14(19)10-16(13)18/h1,3,5-7,9-10,20H,2,4,8,11H2. The lowest BCUT2D eigenvalue weighted by Crippen LogP contribution is -2.01. The number of halogens is 3. The first-order valence-electron chi connectivity index (χ1n) is 6.52. The van der Waals surface area contributed by atoms with Crippen molar-refractivity contribution in [3.05, 3.63) is 64.4 Å². The molecule has 4 heteroatoms. The molecule has 0 saturated carbocycles. The van der Waals surface area contributed by atoms with Gasteiger partial charge in [-0.1, -0.05) is 29.8 Å². The monoisotopic (exact) mass is 311 g/mol. The van der Waals surface area contributed by atoms with E-state index in [1.807, 2.05) is 12.1 Å². The molecule has 2 rings (SSSR count). The summed E-state index contributed by atoms with van der Waals surface area (Å²) in [4.78, 5) is 0. The second-order valence-electron chi connectivity index (χ2n) is 4.58. The average Bonchev–Trinajstić information content (AvgIpc) is 2.45. The zero-order chi connectivity index (χ0) is 14.4. The molecule has 0 unspecified atom stereocenters. The van der Waals surface area contributed by atoms with Crippen LogP contribution in [0.25, 0.3) is 0 Å². The third-order valence-electron chi connectivity index (χ3n) is 3.02. The Morgan fingerprint density at radius 1 is 1.10 bits per heavy atom. The van der Waals surface area contributed by atoms with Crippen molar-refractivity contribution < 1.29 is 4.39 Å². The Morgan fingerprint density at radius 3 is 2.70 bits per heavy atom. The highest BCUT2D eigenvalue weighted by Gasteiger charge is 2.02. The number of anilines is 1. The topological polar surface area (TPSA) is 12.0 Å². The molecule has 0 aliphatic rings. The molecule has 1 nitrogen and oxygen atoms in total. The normalized spacial score (nSPS) is 10.6. The van der Waals surface area contributed by atoms with E-state index in [-0.39, 0.29) is 5.82 Å². The Labute approximate surface area is 128 Å². The lowest BCUT2D eigenvalue weighted by Gasteiger charge is -2.09. The third-order valence-corrected chi connectivity index (χ3v) is 3.64. The molecule has 0 atom stereocenters. The van der Waals surface area contributed by atoms with E-state index in [0.717, 1.165) is 24.1 Å². The summed E-state index contributed by atoms with van der Waals surface area (Å²) in [6.07, 6.45) is 1.94. The molecule has 0 radical (unpaired) electrons. The largest absolute Gasteiger partial charge is 0.381 e. The van der Waals surface area contributed by atoms with E-state index in [0.29, 0.717) is 17.4 Å². The molecule has 0 aliphatic carbocycles. The summed E-state index contributed by atoms with van der Waals surface area (Å²) in [5.41, 5.74) is 3.15. The zero-order valence-electron chi connectivity index (χ0n) is 11.0. The van der Waals surface area contributed by atoms with Gasteiger partial charge in [-0.15, -0.1) is 11.6 Å². The van der Waals surface area contributed by atoms with Crippen molar-refractivity contribution >= 4 is 28.9 Å². The fourth-order valence-corrected chi connectivity index (χ4v) is 2.34. The van der Waals surface area contributed by atoms with Crippen molar-refractivity contribution in [3.8, 4) is 0 Å². The Bertz CT molecular complexity index is 572. The van der Waals surface area contributed by atoms with Crippen LogP contribution in [0.15, 0.2) is 42.5 Å². The SMILES string of the molecule is Fc1ccc(CNc2cccc(CCCCl)c2)c(Cl)c1. The van der Waals surface area contributed by atoms with Gasteiger partial charge in [0, 0.05) is 23.1 Å². The molecular weight excluding hydrogens is 296 g/mol. The lowest BCUT2D eigenvalue weighted by molar-refractivity contribution is 0.627. The first-order chi connectivity index (χ1) is 9.69. The minimum Gasteiger partial charge on any atom is -0.381 e. The molecule has 0 fully saturated rings. The highest BCUT2D eigenvalue weighted by molar-refractivity contribution is 6.31. The summed E-state index contributed by atoms with van der Waals surface area (Å²) >= 11 is 11.7. The van der Waals surface area contributed by atoms with E-state index < -0.39 is 0 Å². The van der Waals surface area contributed by atoms with Gasteiger partial charge >= 0.3 is 0 Å². The summed E-state index contributed by atoms with van der Waals surface area (Å²) in [7, 11) is 0. The lowest BCUT2D eigenvalue weighted by atomic mass is 10.1. The van der Waals surface area contributed by atoms with Crippen LogP contribution in [-0.4, -0.2) is 5.88 Å². The van der Waals surface area contributed by atoms with E-state index in [1.54, 1.807) is 6.07 Å². The summed E-state index contributed by atoms with van der Waals surface area (Å²) in [5.74, 6) is 0.352. The molecule has 0 saturated heterocycles. The van der Waals surface area contributed by atoms with Gasteiger partial charge in [0.1, 0.15) is 5.82 Å². The van der Waals surface area contributed by atoms with E-state index in [9.17, 15) is 4.39 Å². The molecule has 0 aromatic heterocycles. The van der Waals surface area contributed by atoms with Gasteiger partial charge in [0.25, 0.3) is 0 Å². The second kappa shape index (κ2) is 7.51. The summed E-state index contributed by atoms with van der Waals surface area (Å²) in [6, 6.07) is 12.6. The Morgan fingerprint density at radius 2 is 1.95 bits per heavy atom. The van der Waals surface area contributed by atoms with Gasteiger partial charge in [0.2, 0.25) is 0 Å². The fraction of sp³-hybridized carbons (Fsp3) is 0.250. The van der Waals surface area contributed by atoms with Gasteiger partial charge in [-0.05, 0) is 48.2 Å². The Balaban J connectivity index is 1.99. The third kappa shape index (κ3) is 4.39. The number of alkyl halides is 1. The van der Waals surface area contributed by atoms with Crippen LogP contribution in [0.1, 0.15) is 17.5 Å². The van der Waals surface area contributed by atoms with E-state index in [2.05, 4.69) is 17.4 Å². The van der Waals surface area contributed by atoms with E-state index in [1.165, 1.54) is 17.7 Å². The number of hydrogen-bond donors (Lipinski definition) is 1. The van der Waals surface area contributed by atoms with Crippen LogP contribution in [0.4, 0.5) is 10.1 Å². The molecule has 2 aromatic carbocycles. The molecule has 0 bridgehead atoms. The van der Waals surface area contributed by atoms with Crippen molar-refractivity contribution in [1.29, 1.82) is 0 Å². The fourth-order valence-electron chi connectivity index (χ4n) is 1.97. The van der Waals surface area contributed by atoms with Gasteiger partial charge in [-0.25, -0.2) is 4.39 Å². The van der Waals surface area contributed by atoms with E-state index in [4.69, 9.17) is 23.2 Å². The maximum absolute atomic E-state index is 13.0. The maximum Gasteiger partial charge on any atom is 0.124 e. The van der Waals surface area contributed by atoms with E-state index >= 15 is 0 Å². The minimum absolute atomic E-state index is 0.318. The quantitative estimate of drug-likeness (QED) is 0.717. The van der Waals surface area contributed by atoms with Crippen molar-refractivity contribution in [2.24, 2.45) is 0 Å². The minimum atomic E-state index is -0.318. The van der Waals surface area contributed by atoms with Gasteiger partial charge in [-0.3, -0.25) is 0 Å². The summed E-state index contributed by atoms with van der Waals surface area (Å²) in [6.45, 7) is 0.568. The second-order valence-corrected chi connectivity index (χ2v) is 5.37. The smallest absolute Gasteiger partial charge is 0.124 e. The predicted octanol–water partition coefficient (Wildman–Crippen LogP) is 5.26. The molecule has 0 heterocycles. The van der Waals surface area contributed by atoms with Crippen LogP contribution in [-0.2, 0) is 13.0 Å². The van der Waals surface area contributed by atoms with Crippen LogP contribution in [0.5, 0.6) is 0 Å². The number of rotatable bonds is 6. The summed E-state index contributed by atoms with van der Waals surface area (Å²) < 4.78 is 13.0. The Kier molecular flexibility index (Phi) is 5.69. The van der Waals surface area contributed by atoms with Crippen molar-refractivity contribution in [2.75, 3.05) is 11.2 Å².